The van der Waals surface area contributed by atoms with Crippen molar-refractivity contribution in [1.29, 1.82) is 0 Å². The molecule has 0 aliphatic carbocycles. The van der Waals surface area contributed by atoms with Gasteiger partial charge in [-0.15, -0.1) is 6.58 Å². The highest BCUT2D eigenvalue weighted by Gasteiger charge is 2.43. The largest absolute Gasteiger partial charge is 0.492 e. The summed E-state index contributed by atoms with van der Waals surface area (Å²) in [4.78, 5) is 36.9. The molecule has 0 unspecified atom stereocenters. The Morgan fingerprint density at radius 1 is 1.10 bits per heavy atom. The van der Waals surface area contributed by atoms with E-state index in [0.29, 0.717) is 10.8 Å². The molecule has 1 aliphatic rings. The molecule has 1 saturated heterocycles. The molecule has 4 amide bonds. The average molecular weight is 309 g/mol. The molecular formula is C14H13ClN2O4. The number of carbonyl (C=O) groups excluding carboxylic acids is 3. The van der Waals surface area contributed by atoms with Gasteiger partial charge in [-0.05, 0) is 24.3 Å². The molecule has 1 heterocycles. The van der Waals surface area contributed by atoms with Crippen LogP contribution in [-0.2, 0) is 9.59 Å². The number of imide groups is 2. The van der Waals surface area contributed by atoms with Gasteiger partial charge in [0.05, 0.1) is 6.54 Å². The van der Waals surface area contributed by atoms with Crippen molar-refractivity contribution >= 4 is 29.4 Å². The van der Waals surface area contributed by atoms with Crippen molar-refractivity contribution in [3.63, 3.8) is 0 Å². The summed E-state index contributed by atoms with van der Waals surface area (Å²) < 4.78 is 5.40. The number of hydrogen-bond donors (Lipinski definition) is 0. The van der Waals surface area contributed by atoms with Crippen molar-refractivity contribution in [1.82, 2.24) is 9.80 Å². The minimum atomic E-state index is -0.846. The molecular weight excluding hydrogens is 296 g/mol. The van der Waals surface area contributed by atoms with Crippen molar-refractivity contribution in [3.8, 4) is 5.75 Å². The molecule has 6 nitrogen and oxygen atoms in total. The maximum absolute atomic E-state index is 11.9. The summed E-state index contributed by atoms with van der Waals surface area (Å²) >= 11 is 5.75. The van der Waals surface area contributed by atoms with E-state index in [-0.39, 0.29) is 19.7 Å². The van der Waals surface area contributed by atoms with Gasteiger partial charge in [-0.3, -0.25) is 19.4 Å². The van der Waals surface area contributed by atoms with Gasteiger partial charge in [0.1, 0.15) is 12.4 Å². The van der Waals surface area contributed by atoms with Crippen LogP contribution in [-0.4, -0.2) is 47.3 Å². The van der Waals surface area contributed by atoms with Crippen LogP contribution in [0.15, 0.2) is 36.9 Å². The molecule has 0 bridgehead atoms. The van der Waals surface area contributed by atoms with E-state index in [1.54, 1.807) is 24.3 Å². The minimum absolute atomic E-state index is 0.000321. The van der Waals surface area contributed by atoms with E-state index in [0.717, 1.165) is 9.80 Å². The number of halogens is 1. The standard InChI is InChI=1S/C14H13ClN2O4/c1-2-7-16-12(18)13(19)17(14(16)20)8-9-21-11-5-3-10(15)4-6-11/h2-6H,1,7-9H2. The van der Waals surface area contributed by atoms with Gasteiger partial charge in [0.15, 0.2) is 0 Å². The van der Waals surface area contributed by atoms with E-state index >= 15 is 0 Å². The Labute approximate surface area is 126 Å². The number of ether oxygens (including phenoxy) is 1. The summed E-state index contributed by atoms with van der Waals surface area (Å²) in [5.41, 5.74) is 0. The van der Waals surface area contributed by atoms with Gasteiger partial charge in [-0.25, -0.2) is 4.79 Å². The van der Waals surface area contributed by atoms with Crippen molar-refractivity contribution in [3.05, 3.63) is 41.9 Å². The molecule has 0 N–H and O–H groups in total. The van der Waals surface area contributed by atoms with Crippen LogP contribution in [0.3, 0.4) is 0 Å². The fraction of sp³-hybridized carbons (Fsp3) is 0.214. The molecule has 0 spiro atoms. The third kappa shape index (κ3) is 3.22. The molecule has 0 aromatic heterocycles. The Balaban J connectivity index is 1.92. The van der Waals surface area contributed by atoms with E-state index in [1.165, 1.54) is 6.08 Å². The highest BCUT2D eigenvalue weighted by molar-refractivity contribution is 6.44. The second kappa shape index (κ2) is 6.41. The zero-order valence-corrected chi connectivity index (χ0v) is 11.9. The highest BCUT2D eigenvalue weighted by Crippen LogP contribution is 2.16. The number of amides is 4. The molecule has 110 valence electrons. The maximum Gasteiger partial charge on any atom is 0.334 e. The summed E-state index contributed by atoms with van der Waals surface area (Å²) in [5.74, 6) is -1.12. The summed E-state index contributed by atoms with van der Waals surface area (Å²) in [5, 5.41) is 0.581. The van der Waals surface area contributed by atoms with Gasteiger partial charge in [-0.1, -0.05) is 17.7 Å². The Morgan fingerprint density at radius 2 is 1.71 bits per heavy atom. The molecule has 1 aromatic carbocycles. The monoisotopic (exact) mass is 308 g/mol. The molecule has 1 aromatic rings. The third-order valence-electron chi connectivity index (χ3n) is 2.84. The van der Waals surface area contributed by atoms with Crippen LogP contribution in [0.2, 0.25) is 5.02 Å². The Hall–Kier alpha value is -2.34. The Morgan fingerprint density at radius 3 is 2.33 bits per heavy atom. The van der Waals surface area contributed by atoms with E-state index in [2.05, 4.69) is 6.58 Å². The molecule has 0 radical (unpaired) electrons. The number of rotatable bonds is 6. The zero-order chi connectivity index (χ0) is 15.4. The van der Waals surface area contributed by atoms with Crippen LogP contribution < -0.4 is 4.74 Å². The smallest absolute Gasteiger partial charge is 0.334 e. The Bertz CT molecular complexity index is 585. The molecule has 2 rings (SSSR count). The number of urea groups is 1. The van der Waals surface area contributed by atoms with Crippen LogP contribution in [0.25, 0.3) is 0 Å². The van der Waals surface area contributed by atoms with Gasteiger partial charge in [0.2, 0.25) is 0 Å². The lowest BCUT2D eigenvalue weighted by molar-refractivity contribution is -0.143. The normalized spacial score (nSPS) is 14.8. The second-order valence-electron chi connectivity index (χ2n) is 4.25. The first-order chi connectivity index (χ1) is 10.0. The second-order valence-corrected chi connectivity index (χ2v) is 4.68. The fourth-order valence-corrected chi connectivity index (χ4v) is 1.95. The molecule has 7 heteroatoms. The summed E-state index contributed by atoms with van der Waals surface area (Å²) in [6, 6.07) is 6.03. The minimum Gasteiger partial charge on any atom is -0.492 e. The number of benzene rings is 1. The van der Waals surface area contributed by atoms with Gasteiger partial charge in [0.25, 0.3) is 0 Å². The number of nitrogens with zero attached hydrogens (tertiary/aromatic N) is 2. The van der Waals surface area contributed by atoms with Crippen LogP contribution in [0.1, 0.15) is 0 Å². The van der Waals surface area contributed by atoms with E-state index in [4.69, 9.17) is 16.3 Å². The van der Waals surface area contributed by atoms with Gasteiger partial charge >= 0.3 is 17.8 Å². The summed E-state index contributed by atoms with van der Waals surface area (Å²) in [7, 11) is 0. The lowest BCUT2D eigenvalue weighted by atomic mass is 10.3. The first-order valence-corrected chi connectivity index (χ1v) is 6.59. The van der Waals surface area contributed by atoms with Crippen molar-refractivity contribution < 1.29 is 19.1 Å². The lowest BCUT2D eigenvalue weighted by Gasteiger charge is -2.14. The van der Waals surface area contributed by atoms with E-state index in [1.807, 2.05) is 0 Å². The topological polar surface area (TPSA) is 66.9 Å². The Kier molecular flexibility index (Phi) is 4.59. The van der Waals surface area contributed by atoms with Gasteiger partial charge in [0, 0.05) is 11.6 Å². The predicted octanol–water partition coefficient (Wildman–Crippen LogP) is 1.70. The fourth-order valence-electron chi connectivity index (χ4n) is 1.82. The molecule has 21 heavy (non-hydrogen) atoms. The predicted molar refractivity (Wildman–Crippen MR) is 76.0 cm³/mol. The quantitative estimate of drug-likeness (QED) is 0.456. The molecule has 1 fully saturated rings. The molecule has 0 atom stereocenters. The SMILES string of the molecule is C=CCN1C(=O)C(=O)N(CCOc2ccc(Cl)cc2)C1=O. The van der Waals surface area contributed by atoms with Crippen LogP contribution in [0, 0.1) is 0 Å². The highest BCUT2D eigenvalue weighted by atomic mass is 35.5. The number of carbonyl (C=O) groups is 3. The zero-order valence-electron chi connectivity index (χ0n) is 11.1. The first-order valence-electron chi connectivity index (χ1n) is 6.21. The molecule has 0 saturated carbocycles. The van der Waals surface area contributed by atoms with Gasteiger partial charge < -0.3 is 4.74 Å². The van der Waals surface area contributed by atoms with E-state index < -0.39 is 17.8 Å². The lowest BCUT2D eigenvalue weighted by Crippen LogP contribution is -2.36. The van der Waals surface area contributed by atoms with Crippen LogP contribution in [0.4, 0.5) is 4.79 Å². The van der Waals surface area contributed by atoms with Crippen LogP contribution >= 0.6 is 11.6 Å². The van der Waals surface area contributed by atoms with E-state index in [9.17, 15) is 14.4 Å². The maximum atomic E-state index is 11.9. The third-order valence-corrected chi connectivity index (χ3v) is 3.10. The molecule has 1 aliphatic heterocycles. The summed E-state index contributed by atoms with van der Waals surface area (Å²) in [6.07, 6.45) is 1.39. The van der Waals surface area contributed by atoms with Crippen molar-refractivity contribution in [2.75, 3.05) is 19.7 Å². The average Bonchev–Trinajstić information content (AvgIpc) is 2.67. The number of hydrogen-bond acceptors (Lipinski definition) is 4. The van der Waals surface area contributed by atoms with Crippen LogP contribution in [0.5, 0.6) is 5.75 Å². The van der Waals surface area contributed by atoms with Crippen molar-refractivity contribution in [2.45, 2.75) is 0 Å². The first kappa shape index (κ1) is 15.1. The van der Waals surface area contributed by atoms with Crippen molar-refractivity contribution in [2.24, 2.45) is 0 Å². The van der Waals surface area contributed by atoms with Gasteiger partial charge in [-0.2, -0.15) is 0 Å². The summed E-state index contributed by atoms with van der Waals surface area (Å²) in [6.45, 7) is 3.54.